The van der Waals surface area contributed by atoms with Gasteiger partial charge in [-0.2, -0.15) is 0 Å². The summed E-state index contributed by atoms with van der Waals surface area (Å²) >= 11 is 0. The third-order valence-corrected chi connectivity index (χ3v) is 3.88. The summed E-state index contributed by atoms with van der Waals surface area (Å²) in [5.74, 6) is -0.847. The van der Waals surface area contributed by atoms with E-state index in [4.69, 9.17) is 0 Å². The number of hydrogen-bond donors (Lipinski definition) is 1. The molecule has 1 aliphatic carbocycles. The van der Waals surface area contributed by atoms with Crippen molar-refractivity contribution >= 4 is 6.03 Å². The van der Waals surface area contributed by atoms with Crippen LogP contribution in [0.1, 0.15) is 18.9 Å². The van der Waals surface area contributed by atoms with Gasteiger partial charge in [0.1, 0.15) is 11.6 Å². The van der Waals surface area contributed by atoms with E-state index in [0.29, 0.717) is 12.1 Å². The second-order valence-corrected chi connectivity index (χ2v) is 5.44. The standard InChI is InChI=1S/C14H18F2N2O/c1-9-7-14(9,8-17-13(19)18(2)3)11-5-4-10(15)6-12(11)16/h4-6,9H,7-8H2,1-3H3,(H,17,19). The Bertz CT molecular complexity index is 504. The molecule has 0 radical (unpaired) electrons. The van der Waals surface area contributed by atoms with Gasteiger partial charge in [0, 0.05) is 32.1 Å². The minimum absolute atomic E-state index is 0.207. The number of hydrogen-bond acceptors (Lipinski definition) is 1. The van der Waals surface area contributed by atoms with Gasteiger partial charge in [0.15, 0.2) is 0 Å². The van der Waals surface area contributed by atoms with Crippen molar-refractivity contribution in [3.63, 3.8) is 0 Å². The van der Waals surface area contributed by atoms with Crippen molar-refractivity contribution in [3.05, 3.63) is 35.4 Å². The zero-order chi connectivity index (χ0) is 14.2. The van der Waals surface area contributed by atoms with Gasteiger partial charge in [0.2, 0.25) is 0 Å². The fraction of sp³-hybridized carbons (Fsp3) is 0.500. The Balaban J connectivity index is 2.17. The quantitative estimate of drug-likeness (QED) is 0.897. The minimum atomic E-state index is -0.581. The monoisotopic (exact) mass is 268 g/mol. The van der Waals surface area contributed by atoms with Crippen molar-refractivity contribution in [1.82, 2.24) is 10.2 Å². The predicted molar refractivity (Wildman–Crippen MR) is 68.9 cm³/mol. The van der Waals surface area contributed by atoms with E-state index in [1.165, 1.54) is 17.0 Å². The van der Waals surface area contributed by atoms with Crippen LogP contribution in [0.4, 0.5) is 13.6 Å². The molecule has 0 spiro atoms. The lowest BCUT2D eigenvalue weighted by molar-refractivity contribution is 0.216. The molecule has 1 fully saturated rings. The highest BCUT2D eigenvalue weighted by molar-refractivity contribution is 5.73. The number of carbonyl (C=O) groups is 1. The van der Waals surface area contributed by atoms with Crippen LogP contribution in [0.3, 0.4) is 0 Å². The molecule has 0 aromatic heterocycles. The summed E-state index contributed by atoms with van der Waals surface area (Å²) in [5, 5.41) is 2.78. The lowest BCUT2D eigenvalue weighted by atomic mass is 9.93. The summed E-state index contributed by atoms with van der Waals surface area (Å²) in [6.07, 6.45) is 0.795. The maximum atomic E-state index is 13.9. The van der Waals surface area contributed by atoms with Gasteiger partial charge in [-0.1, -0.05) is 13.0 Å². The third-order valence-electron chi connectivity index (χ3n) is 3.88. The number of amides is 2. The SMILES string of the molecule is CC1CC1(CNC(=O)N(C)C)c1ccc(F)cc1F. The molecular weight excluding hydrogens is 250 g/mol. The van der Waals surface area contributed by atoms with E-state index in [0.717, 1.165) is 12.5 Å². The zero-order valence-electron chi connectivity index (χ0n) is 11.3. The number of urea groups is 1. The van der Waals surface area contributed by atoms with Gasteiger partial charge in [-0.15, -0.1) is 0 Å². The molecule has 19 heavy (non-hydrogen) atoms. The minimum Gasteiger partial charge on any atom is -0.337 e. The smallest absolute Gasteiger partial charge is 0.316 e. The van der Waals surface area contributed by atoms with E-state index in [9.17, 15) is 13.6 Å². The Morgan fingerprint density at radius 2 is 2.11 bits per heavy atom. The lowest BCUT2D eigenvalue weighted by Crippen LogP contribution is -2.39. The Morgan fingerprint density at radius 3 is 2.58 bits per heavy atom. The van der Waals surface area contributed by atoms with Crippen LogP contribution in [0, 0.1) is 17.6 Å². The molecule has 2 amide bonds. The topological polar surface area (TPSA) is 32.3 Å². The average molecular weight is 268 g/mol. The van der Waals surface area contributed by atoms with Crippen LogP contribution in [0.5, 0.6) is 0 Å². The maximum absolute atomic E-state index is 13.9. The van der Waals surface area contributed by atoms with E-state index < -0.39 is 17.0 Å². The number of nitrogens with one attached hydrogen (secondary N) is 1. The van der Waals surface area contributed by atoms with Gasteiger partial charge < -0.3 is 10.2 Å². The molecule has 0 saturated heterocycles. The van der Waals surface area contributed by atoms with Crippen LogP contribution in [0.25, 0.3) is 0 Å². The Labute approximate surface area is 111 Å². The molecule has 1 aromatic rings. The summed E-state index contributed by atoms with van der Waals surface area (Å²) in [5.41, 5.74) is 0.0872. The zero-order valence-corrected chi connectivity index (χ0v) is 11.3. The van der Waals surface area contributed by atoms with Crippen LogP contribution in [0.2, 0.25) is 0 Å². The van der Waals surface area contributed by atoms with Crippen LogP contribution in [-0.4, -0.2) is 31.6 Å². The van der Waals surface area contributed by atoms with Crippen LogP contribution in [-0.2, 0) is 5.41 Å². The first-order chi connectivity index (χ1) is 8.86. The first kappa shape index (κ1) is 13.8. The predicted octanol–water partition coefficient (Wildman–Crippen LogP) is 2.51. The van der Waals surface area contributed by atoms with Gasteiger partial charge in [-0.25, -0.2) is 13.6 Å². The summed E-state index contributed by atoms with van der Waals surface area (Å²) in [6, 6.07) is 3.44. The fourth-order valence-corrected chi connectivity index (χ4v) is 2.49. The van der Waals surface area contributed by atoms with Crippen molar-refractivity contribution in [3.8, 4) is 0 Å². The highest BCUT2D eigenvalue weighted by Crippen LogP contribution is 2.54. The van der Waals surface area contributed by atoms with Crippen molar-refractivity contribution in [2.75, 3.05) is 20.6 Å². The normalized spacial score (nSPS) is 25.0. The molecule has 2 rings (SSSR count). The van der Waals surface area contributed by atoms with Crippen molar-refractivity contribution < 1.29 is 13.6 Å². The largest absolute Gasteiger partial charge is 0.337 e. The molecule has 0 bridgehead atoms. The molecule has 1 aromatic carbocycles. The second kappa shape index (κ2) is 4.79. The number of halogens is 2. The number of nitrogens with zero attached hydrogens (tertiary/aromatic N) is 1. The summed E-state index contributed by atoms with van der Waals surface area (Å²) in [7, 11) is 3.30. The van der Waals surface area contributed by atoms with Gasteiger partial charge >= 0.3 is 6.03 Å². The van der Waals surface area contributed by atoms with Gasteiger partial charge in [0.05, 0.1) is 0 Å². The summed E-state index contributed by atoms with van der Waals surface area (Å²) in [4.78, 5) is 13.0. The lowest BCUT2D eigenvalue weighted by Gasteiger charge is -2.20. The first-order valence-electron chi connectivity index (χ1n) is 6.27. The molecule has 3 nitrogen and oxygen atoms in total. The molecule has 0 aliphatic heterocycles. The molecule has 1 aliphatic rings. The number of carbonyl (C=O) groups excluding carboxylic acids is 1. The van der Waals surface area contributed by atoms with Gasteiger partial charge in [0.25, 0.3) is 0 Å². The van der Waals surface area contributed by atoms with Gasteiger partial charge in [-0.05, 0) is 24.0 Å². The Kier molecular flexibility index (Phi) is 3.47. The highest BCUT2D eigenvalue weighted by Gasteiger charge is 2.53. The average Bonchev–Trinajstić information content (AvgIpc) is 2.97. The fourth-order valence-electron chi connectivity index (χ4n) is 2.49. The molecule has 2 atom stereocenters. The molecule has 1 saturated carbocycles. The van der Waals surface area contributed by atoms with Crippen LogP contribution < -0.4 is 5.32 Å². The van der Waals surface area contributed by atoms with E-state index >= 15 is 0 Å². The van der Waals surface area contributed by atoms with Crippen LogP contribution in [0.15, 0.2) is 18.2 Å². The molecule has 0 heterocycles. The molecule has 104 valence electrons. The van der Waals surface area contributed by atoms with E-state index in [1.807, 2.05) is 6.92 Å². The maximum Gasteiger partial charge on any atom is 0.316 e. The Morgan fingerprint density at radius 1 is 1.47 bits per heavy atom. The molecule has 5 heteroatoms. The van der Waals surface area contributed by atoms with Crippen molar-refractivity contribution in [1.29, 1.82) is 0 Å². The molecule has 1 N–H and O–H groups in total. The van der Waals surface area contributed by atoms with Crippen LogP contribution >= 0.6 is 0 Å². The van der Waals surface area contributed by atoms with E-state index in [1.54, 1.807) is 14.1 Å². The Hall–Kier alpha value is -1.65. The first-order valence-corrected chi connectivity index (χ1v) is 6.27. The third kappa shape index (κ3) is 2.55. The molecule has 2 unspecified atom stereocenters. The second-order valence-electron chi connectivity index (χ2n) is 5.44. The summed E-state index contributed by atoms with van der Waals surface area (Å²) < 4.78 is 26.8. The van der Waals surface area contributed by atoms with Gasteiger partial charge in [-0.3, -0.25) is 0 Å². The molecular formula is C14H18F2N2O. The van der Waals surface area contributed by atoms with Crippen molar-refractivity contribution in [2.45, 2.75) is 18.8 Å². The number of benzene rings is 1. The highest BCUT2D eigenvalue weighted by atomic mass is 19.1. The van der Waals surface area contributed by atoms with E-state index in [-0.39, 0.29) is 11.9 Å². The van der Waals surface area contributed by atoms with Crippen molar-refractivity contribution in [2.24, 2.45) is 5.92 Å². The summed E-state index contributed by atoms with van der Waals surface area (Å²) in [6.45, 7) is 2.37. The number of rotatable bonds is 3. The van der Waals surface area contributed by atoms with E-state index in [2.05, 4.69) is 5.32 Å².